The molecule has 19 heavy (non-hydrogen) atoms. The molecule has 4 heteroatoms. The molecule has 0 heterocycles. The lowest BCUT2D eigenvalue weighted by Crippen LogP contribution is -1.96. The van der Waals surface area contributed by atoms with Crippen LogP contribution in [0.3, 0.4) is 0 Å². The Kier molecular flexibility index (Phi) is 3.86. The van der Waals surface area contributed by atoms with Gasteiger partial charge in [-0.15, -0.1) is 0 Å². The fourth-order valence-electron chi connectivity index (χ4n) is 1.90. The number of aryl methyl sites for hydroxylation is 2. The van der Waals surface area contributed by atoms with Crippen LogP contribution in [0.1, 0.15) is 11.1 Å². The molecule has 0 spiro atoms. The number of hydrogen-bond acceptors (Lipinski definition) is 3. The van der Waals surface area contributed by atoms with Gasteiger partial charge >= 0.3 is 0 Å². The Bertz CT molecular complexity index is 588. The van der Waals surface area contributed by atoms with E-state index >= 15 is 0 Å². The van der Waals surface area contributed by atoms with Gasteiger partial charge in [0.25, 0.3) is 0 Å². The maximum Gasteiger partial charge on any atom is 0.154 e. The van der Waals surface area contributed by atoms with Gasteiger partial charge in [-0.2, -0.15) is 0 Å². The van der Waals surface area contributed by atoms with Crippen molar-refractivity contribution in [1.29, 1.82) is 0 Å². The minimum atomic E-state index is 0.564. The molecule has 0 bridgehead atoms. The normalized spacial score (nSPS) is 10.3. The molecule has 2 aromatic carbocycles. The van der Waals surface area contributed by atoms with E-state index in [-0.39, 0.29) is 0 Å². The van der Waals surface area contributed by atoms with Gasteiger partial charge in [0.1, 0.15) is 11.5 Å². The van der Waals surface area contributed by atoms with Crippen molar-refractivity contribution in [3.05, 3.63) is 46.5 Å². The fraction of sp³-hybridized carbons (Fsp3) is 0.200. The van der Waals surface area contributed by atoms with Crippen molar-refractivity contribution in [2.45, 2.75) is 13.8 Å². The Morgan fingerprint density at radius 3 is 2.26 bits per heavy atom. The van der Waals surface area contributed by atoms with Gasteiger partial charge in [0.05, 0.1) is 12.8 Å². The summed E-state index contributed by atoms with van der Waals surface area (Å²) in [7, 11) is 1.61. The van der Waals surface area contributed by atoms with Gasteiger partial charge in [0, 0.05) is 11.1 Å². The molecule has 3 nitrogen and oxygen atoms in total. The Balaban J connectivity index is 2.41. The summed E-state index contributed by atoms with van der Waals surface area (Å²) >= 11 is 6.00. The second kappa shape index (κ2) is 5.41. The number of benzene rings is 2. The molecular weight excluding hydrogens is 262 g/mol. The van der Waals surface area contributed by atoms with E-state index in [4.69, 9.17) is 26.8 Å². The lowest BCUT2D eigenvalue weighted by molar-refractivity contribution is 0.409. The zero-order valence-corrected chi connectivity index (χ0v) is 11.9. The van der Waals surface area contributed by atoms with Crippen LogP contribution in [0.25, 0.3) is 0 Å². The van der Waals surface area contributed by atoms with Crippen molar-refractivity contribution in [2.75, 3.05) is 12.8 Å². The second-order valence-electron chi connectivity index (χ2n) is 4.37. The van der Waals surface area contributed by atoms with Crippen molar-refractivity contribution >= 4 is 17.3 Å². The standard InChI is InChI=1S/C15H16ClNO2/c1-9-6-11(16)7-10(2)15(9)19-14-8-12(18-3)4-5-13(14)17/h4-8H,17H2,1-3H3. The van der Waals surface area contributed by atoms with E-state index in [0.29, 0.717) is 22.2 Å². The lowest BCUT2D eigenvalue weighted by Gasteiger charge is -2.14. The summed E-state index contributed by atoms with van der Waals surface area (Å²) in [5.74, 6) is 2.05. The Labute approximate surface area is 117 Å². The average Bonchev–Trinajstić information content (AvgIpc) is 2.35. The smallest absolute Gasteiger partial charge is 0.154 e. The lowest BCUT2D eigenvalue weighted by atomic mass is 10.1. The molecule has 0 aliphatic rings. The van der Waals surface area contributed by atoms with E-state index in [0.717, 1.165) is 16.9 Å². The Morgan fingerprint density at radius 1 is 1.05 bits per heavy atom. The summed E-state index contributed by atoms with van der Waals surface area (Å²) in [5, 5.41) is 0.695. The summed E-state index contributed by atoms with van der Waals surface area (Å²) in [5.41, 5.74) is 8.41. The van der Waals surface area contributed by atoms with Crippen LogP contribution in [-0.2, 0) is 0 Å². The van der Waals surface area contributed by atoms with E-state index in [1.165, 1.54) is 0 Å². The van der Waals surface area contributed by atoms with Gasteiger partial charge in [-0.05, 0) is 49.2 Å². The molecule has 0 atom stereocenters. The topological polar surface area (TPSA) is 44.5 Å². The van der Waals surface area contributed by atoms with E-state index in [1.807, 2.05) is 26.0 Å². The first-order chi connectivity index (χ1) is 9.01. The van der Waals surface area contributed by atoms with Crippen LogP contribution in [0, 0.1) is 13.8 Å². The van der Waals surface area contributed by atoms with E-state index < -0.39 is 0 Å². The molecule has 0 saturated heterocycles. The number of nitrogen functional groups attached to an aromatic ring is 1. The zero-order valence-electron chi connectivity index (χ0n) is 11.2. The van der Waals surface area contributed by atoms with Crippen LogP contribution in [0.15, 0.2) is 30.3 Å². The van der Waals surface area contributed by atoms with E-state index in [1.54, 1.807) is 25.3 Å². The first kappa shape index (κ1) is 13.6. The number of nitrogens with two attached hydrogens (primary N) is 1. The second-order valence-corrected chi connectivity index (χ2v) is 4.81. The van der Waals surface area contributed by atoms with Crippen LogP contribution in [0.4, 0.5) is 5.69 Å². The minimum Gasteiger partial charge on any atom is -0.497 e. The third-order valence-electron chi connectivity index (χ3n) is 2.86. The molecule has 0 amide bonds. The maximum absolute atomic E-state index is 6.00. The summed E-state index contributed by atoms with van der Waals surface area (Å²) < 4.78 is 11.1. The SMILES string of the molecule is COc1ccc(N)c(Oc2c(C)cc(Cl)cc2C)c1. The highest BCUT2D eigenvalue weighted by Gasteiger charge is 2.10. The first-order valence-corrected chi connectivity index (χ1v) is 6.27. The molecule has 2 aromatic rings. The number of methoxy groups -OCH3 is 1. The Hall–Kier alpha value is -1.87. The van der Waals surface area contributed by atoms with Crippen molar-refractivity contribution in [3.8, 4) is 17.2 Å². The molecule has 0 fully saturated rings. The third kappa shape index (κ3) is 2.93. The van der Waals surface area contributed by atoms with Gasteiger partial charge in [-0.25, -0.2) is 0 Å². The Morgan fingerprint density at radius 2 is 1.68 bits per heavy atom. The highest BCUT2D eigenvalue weighted by molar-refractivity contribution is 6.30. The first-order valence-electron chi connectivity index (χ1n) is 5.89. The molecule has 2 rings (SSSR count). The third-order valence-corrected chi connectivity index (χ3v) is 3.08. The monoisotopic (exact) mass is 277 g/mol. The number of rotatable bonds is 3. The highest BCUT2D eigenvalue weighted by atomic mass is 35.5. The van der Waals surface area contributed by atoms with Crippen LogP contribution in [0.2, 0.25) is 5.02 Å². The molecule has 100 valence electrons. The van der Waals surface area contributed by atoms with Crippen LogP contribution in [0.5, 0.6) is 17.2 Å². The maximum atomic E-state index is 6.00. The molecule has 0 aromatic heterocycles. The molecule has 0 aliphatic carbocycles. The largest absolute Gasteiger partial charge is 0.497 e. The number of hydrogen-bond donors (Lipinski definition) is 1. The molecule has 2 N–H and O–H groups in total. The highest BCUT2D eigenvalue weighted by Crippen LogP contribution is 2.35. The van der Waals surface area contributed by atoms with Gasteiger partial charge in [-0.3, -0.25) is 0 Å². The molecule has 0 radical (unpaired) electrons. The number of ether oxygens (including phenoxy) is 2. The summed E-state index contributed by atoms with van der Waals surface area (Å²) in [4.78, 5) is 0. The summed E-state index contributed by atoms with van der Waals surface area (Å²) in [6, 6.07) is 9.04. The average molecular weight is 278 g/mol. The summed E-state index contributed by atoms with van der Waals surface area (Å²) in [6.45, 7) is 3.90. The summed E-state index contributed by atoms with van der Waals surface area (Å²) in [6.07, 6.45) is 0. The van der Waals surface area contributed by atoms with Gasteiger partial charge in [0.2, 0.25) is 0 Å². The zero-order chi connectivity index (χ0) is 14.0. The van der Waals surface area contributed by atoms with Gasteiger partial charge in [-0.1, -0.05) is 11.6 Å². The molecule has 0 saturated carbocycles. The minimum absolute atomic E-state index is 0.564. The predicted molar refractivity (Wildman–Crippen MR) is 78.4 cm³/mol. The van der Waals surface area contributed by atoms with Crippen molar-refractivity contribution < 1.29 is 9.47 Å². The molecule has 0 unspecified atom stereocenters. The van der Waals surface area contributed by atoms with E-state index in [9.17, 15) is 0 Å². The van der Waals surface area contributed by atoms with E-state index in [2.05, 4.69) is 0 Å². The van der Waals surface area contributed by atoms with Crippen molar-refractivity contribution in [1.82, 2.24) is 0 Å². The fourth-order valence-corrected chi connectivity index (χ4v) is 2.23. The van der Waals surface area contributed by atoms with Crippen molar-refractivity contribution in [2.24, 2.45) is 0 Å². The van der Waals surface area contributed by atoms with Gasteiger partial charge < -0.3 is 15.2 Å². The quantitative estimate of drug-likeness (QED) is 0.849. The van der Waals surface area contributed by atoms with Crippen LogP contribution < -0.4 is 15.2 Å². The van der Waals surface area contributed by atoms with Crippen LogP contribution in [-0.4, -0.2) is 7.11 Å². The van der Waals surface area contributed by atoms with Crippen molar-refractivity contribution in [3.63, 3.8) is 0 Å². The van der Waals surface area contributed by atoms with Crippen LogP contribution >= 0.6 is 11.6 Å². The van der Waals surface area contributed by atoms with Gasteiger partial charge in [0.15, 0.2) is 5.75 Å². The number of halogens is 1. The number of anilines is 1. The molecular formula is C15H16ClNO2. The molecule has 0 aliphatic heterocycles. The predicted octanol–water partition coefficient (Wildman–Crippen LogP) is 4.34.